The lowest BCUT2D eigenvalue weighted by Gasteiger charge is -2.12. The highest BCUT2D eigenvalue weighted by atomic mass is 32.2. The molecule has 1 fully saturated rings. The van der Waals surface area contributed by atoms with Gasteiger partial charge in [0.1, 0.15) is 0 Å². The van der Waals surface area contributed by atoms with Crippen LogP contribution >= 0.6 is 11.8 Å². The van der Waals surface area contributed by atoms with Crippen molar-refractivity contribution in [3.05, 3.63) is 106 Å². The van der Waals surface area contributed by atoms with Crippen LogP contribution in [0.4, 0.5) is 11.4 Å². The lowest BCUT2D eigenvalue weighted by molar-refractivity contribution is -0.384. The van der Waals surface area contributed by atoms with E-state index in [9.17, 15) is 14.9 Å². The first-order valence-electron chi connectivity index (χ1n) is 9.86. The third kappa shape index (κ3) is 4.40. The van der Waals surface area contributed by atoms with Gasteiger partial charge in [-0.15, -0.1) is 6.58 Å². The number of nitro groups is 1. The Morgan fingerprint density at radius 1 is 1.12 bits per heavy atom. The first kappa shape index (κ1) is 21.3. The molecule has 1 amide bonds. The Bertz CT molecular complexity index is 1240. The predicted molar refractivity (Wildman–Crippen MR) is 128 cm³/mol. The van der Waals surface area contributed by atoms with Crippen molar-refractivity contribution < 1.29 is 9.72 Å². The first-order valence-corrected chi connectivity index (χ1v) is 10.7. The average Bonchev–Trinajstić information content (AvgIpc) is 3.36. The minimum absolute atomic E-state index is 0.0272. The molecule has 1 aliphatic rings. The monoisotopic (exact) mass is 444 g/mol. The molecule has 2 heterocycles. The van der Waals surface area contributed by atoms with Gasteiger partial charge in [-0.3, -0.25) is 19.8 Å². The number of carbonyl (C=O) groups is 1. The Morgan fingerprint density at radius 2 is 1.84 bits per heavy atom. The number of carbonyl (C=O) groups excluding carboxylic acids is 1. The minimum Gasteiger partial charge on any atom is -0.317 e. The fourth-order valence-electron chi connectivity index (χ4n) is 3.23. The van der Waals surface area contributed by atoms with E-state index in [1.165, 1.54) is 23.9 Å². The molecule has 2 aromatic carbocycles. The van der Waals surface area contributed by atoms with E-state index in [-0.39, 0.29) is 11.6 Å². The van der Waals surface area contributed by atoms with Gasteiger partial charge in [0.05, 0.1) is 15.5 Å². The van der Waals surface area contributed by atoms with E-state index in [2.05, 4.69) is 11.6 Å². The highest BCUT2D eigenvalue weighted by Gasteiger charge is 2.32. The Balaban J connectivity index is 1.67. The fraction of sp³-hybridized carbons (Fsp3) is 0.0833. The summed E-state index contributed by atoms with van der Waals surface area (Å²) in [6.07, 6.45) is 5.33. The molecular weight excluding hydrogens is 424 g/mol. The normalized spacial score (nSPS) is 16.2. The molecule has 4 rings (SSSR count). The number of benzene rings is 2. The zero-order chi connectivity index (χ0) is 22.7. The molecule has 7 nitrogen and oxygen atoms in total. The molecule has 1 aliphatic heterocycles. The SMILES string of the molecule is C=CCN1C(=O)/C(=C/c2cccn2-c2ccc([N+](=O)[O-])cc2)SC1=Nc1ccc(C)cc1. The summed E-state index contributed by atoms with van der Waals surface area (Å²) in [7, 11) is 0. The van der Waals surface area contributed by atoms with E-state index in [0.29, 0.717) is 16.6 Å². The summed E-state index contributed by atoms with van der Waals surface area (Å²) in [4.78, 5) is 30.4. The van der Waals surface area contributed by atoms with Crippen LogP contribution in [-0.2, 0) is 4.79 Å². The summed E-state index contributed by atoms with van der Waals surface area (Å²) in [6, 6.07) is 17.8. The van der Waals surface area contributed by atoms with Crippen molar-refractivity contribution in [3.8, 4) is 5.69 Å². The van der Waals surface area contributed by atoms with Gasteiger partial charge in [0.2, 0.25) is 0 Å². The summed E-state index contributed by atoms with van der Waals surface area (Å²) < 4.78 is 1.87. The third-order valence-electron chi connectivity index (χ3n) is 4.86. The number of aryl methyl sites for hydroxylation is 1. The number of nitro benzene ring substituents is 1. The Kier molecular flexibility index (Phi) is 6.04. The molecule has 160 valence electrons. The van der Waals surface area contributed by atoms with Crippen LogP contribution < -0.4 is 0 Å². The van der Waals surface area contributed by atoms with Crippen LogP contribution in [0.25, 0.3) is 11.8 Å². The van der Waals surface area contributed by atoms with Crippen molar-refractivity contribution in [2.24, 2.45) is 4.99 Å². The maximum atomic E-state index is 13.1. The highest BCUT2D eigenvalue weighted by molar-refractivity contribution is 8.18. The van der Waals surface area contributed by atoms with Gasteiger partial charge in [0.15, 0.2) is 5.17 Å². The van der Waals surface area contributed by atoms with Crippen molar-refractivity contribution in [2.45, 2.75) is 6.92 Å². The molecule has 8 heteroatoms. The van der Waals surface area contributed by atoms with E-state index in [1.807, 2.05) is 60.2 Å². The van der Waals surface area contributed by atoms with E-state index in [0.717, 1.165) is 22.6 Å². The molecule has 0 N–H and O–H groups in total. The number of aromatic nitrogens is 1. The van der Waals surface area contributed by atoms with Crippen molar-refractivity contribution in [2.75, 3.05) is 6.54 Å². The second-order valence-electron chi connectivity index (χ2n) is 7.12. The van der Waals surface area contributed by atoms with Gasteiger partial charge in [-0.05, 0) is 61.2 Å². The number of non-ortho nitro benzene ring substituents is 1. The van der Waals surface area contributed by atoms with Gasteiger partial charge >= 0.3 is 0 Å². The van der Waals surface area contributed by atoms with Crippen molar-refractivity contribution >= 4 is 40.3 Å². The van der Waals surface area contributed by atoms with Crippen LogP contribution in [-0.4, -0.2) is 32.0 Å². The minimum atomic E-state index is -0.431. The second kappa shape index (κ2) is 9.07. The summed E-state index contributed by atoms with van der Waals surface area (Å²) in [5, 5.41) is 11.5. The molecule has 1 saturated heterocycles. The van der Waals surface area contributed by atoms with Gasteiger partial charge < -0.3 is 4.57 Å². The number of nitrogens with zero attached hydrogens (tertiary/aromatic N) is 4. The largest absolute Gasteiger partial charge is 0.317 e. The third-order valence-corrected chi connectivity index (χ3v) is 5.86. The molecule has 0 atom stereocenters. The molecule has 0 saturated carbocycles. The molecule has 0 radical (unpaired) electrons. The molecule has 32 heavy (non-hydrogen) atoms. The number of hydrogen-bond acceptors (Lipinski definition) is 5. The maximum Gasteiger partial charge on any atom is 0.269 e. The van der Waals surface area contributed by atoms with E-state index >= 15 is 0 Å². The van der Waals surface area contributed by atoms with Gasteiger partial charge in [0.25, 0.3) is 11.6 Å². The second-order valence-corrected chi connectivity index (χ2v) is 8.13. The summed E-state index contributed by atoms with van der Waals surface area (Å²) >= 11 is 1.31. The maximum absolute atomic E-state index is 13.1. The molecule has 0 aliphatic carbocycles. The zero-order valence-corrected chi connectivity index (χ0v) is 18.2. The number of rotatable bonds is 6. The summed E-state index contributed by atoms with van der Waals surface area (Å²) in [6.45, 7) is 6.12. The number of amides is 1. The molecular formula is C24H20N4O3S. The van der Waals surface area contributed by atoms with Crippen LogP contribution in [0.1, 0.15) is 11.3 Å². The summed E-state index contributed by atoms with van der Waals surface area (Å²) in [5.74, 6) is -0.141. The molecule has 3 aromatic rings. The predicted octanol–water partition coefficient (Wildman–Crippen LogP) is 5.48. The smallest absolute Gasteiger partial charge is 0.269 e. The molecule has 1 aromatic heterocycles. The quantitative estimate of drug-likeness (QED) is 0.218. The van der Waals surface area contributed by atoms with Crippen LogP contribution in [0.15, 0.2) is 89.4 Å². The number of thioether (sulfide) groups is 1. The number of amidine groups is 1. The average molecular weight is 445 g/mol. The lowest BCUT2D eigenvalue weighted by atomic mass is 10.2. The van der Waals surface area contributed by atoms with Crippen LogP contribution in [0.5, 0.6) is 0 Å². The number of hydrogen-bond donors (Lipinski definition) is 0. The zero-order valence-electron chi connectivity index (χ0n) is 17.3. The van der Waals surface area contributed by atoms with E-state index < -0.39 is 4.92 Å². The topological polar surface area (TPSA) is 80.7 Å². The number of aliphatic imine (C=N–C) groups is 1. The molecule has 0 spiro atoms. The van der Waals surface area contributed by atoms with E-state index in [1.54, 1.807) is 23.1 Å². The van der Waals surface area contributed by atoms with Crippen molar-refractivity contribution in [1.82, 2.24) is 9.47 Å². The standard InChI is InChI=1S/C24H20N4O3S/c1-3-14-27-23(29)22(32-24(27)25-18-8-6-17(2)7-9-18)16-21-5-4-15-26(21)19-10-12-20(13-11-19)28(30)31/h3-13,15-16H,1,14H2,2H3/b22-16-,25-24?. The van der Waals surface area contributed by atoms with Crippen LogP contribution in [0.2, 0.25) is 0 Å². The van der Waals surface area contributed by atoms with Gasteiger partial charge in [-0.25, -0.2) is 4.99 Å². The van der Waals surface area contributed by atoms with Crippen molar-refractivity contribution in [3.63, 3.8) is 0 Å². The van der Waals surface area contributed by atoms with Crippen LogP contribution in [0.3, 0.4) is 0 Å². The van der Waals surface area contributed by atoms with Gasteiger partial charge in [0, 0.05) is 36.3 Å². The molecule has 0 bridgehead atoms. The van der Waals surface area contributed by atoms with Crippen molar-refractivity contribution in [1.29, 1.82) is 0 Å². The Morgan fingerprint density at radius 3 is 2.50 bits per heavy atom. The Labute approximate surface area is 189 Å². The van der Waals surface area contributed by atoms with E-state index in [4.69, 9.17) is 0 Å². The Hall–Kier alpha value is -3.91. The molecule has 0 unspecified atom stereocenters. The first-order chi connectivity index (χ1) is 15.5. The van der Waals surface area contributed by atoms with Crippen LogP contribution in [0, 0.1) is 17.0 Å². The van der Waals surface area contributed by atoms with Gasteiger partial charge in [-0.2, -0.15) is 0 Å². The fourth-order valence-corrected chi connectivity index (χ4v) is 4.22. The summed E-state index contributed by atoms with van der Waals surface area (Å²) in [5.41, 5.74) is 3.48. The highest BCUT2D eigenvalue weighted by Crippen LogP contribution is 2.34. The van der Waals surface area contributed by atoms with Gasteiger partial charge in [-0.1, -0.05) is 23.8 Å². The lowest BCUT2D eigenvalue weighted by Crippen LogP contribution is -2.29.